The van der Waals surface area contributed by atoms with Gasteiger partial charge in [-0.3, -0.25) is 4.79 Å². The molecule has 1 aromatic carbocycles. The van der Waals surface area contributed by atoms with Crippen molar-refractivity contribution in [2.75, 3.05) is 18.0 Å². The van der Waals surface area contributed by atoms with Gasteiger partial charge in [0, 0.05) is 17.3 Å². The molecular weight excluding hydrogens is 248 g/mol. The number of nitrogens with zero attached hydrogens (tertiary/aromatic N) is 1. The van der Waals surface area contributed by atoms with Crippen molar-refractivity contribution in [3.63, 3.8) is 0 Å². The molecule has 1 aliphatic rings. The lowest BCUT2D eigenvalue weighted by Gasteiger charge is -2.33. The lowest BCUT2D eigenvalue weighted by Crippen LogP contribution is -2.51. The van der Waals surface area contributed by atoms with E-state index in [1.54, 1.807) is 0 Å². The molecule has 3 nitrogen and oxygen atoms in total. The van der Waals surface area contributed by atoms with Crippen LogP contribution in [-0.2, 0) is 4.79 Å². The van der Waals surface area contributed by atoms with Gasteiger partial charge >= 0.3 is 0 Å². The van der Waals surface area contributed by atoms with Crippen LogP contribution in [0.15, 0.2) is 18.2 Å². The molecule has 0 spiro atoms. The van der Waals surface area contributed by atoms with Gasteiger partial charge in [0.05, 0.1) is 6.04 Å². The standard InChI is InChI=1S/C14H19ClN2O/c1-3-16-12-7-5-9-17(14(12)18)13-8-4-6-11(15)10(13)2/h4,6,8,12,16H,3,5,7,9H2,1-2H3. The number of piperidine rings is 1. The number of anilines is 1. The van der Waals surface area contributed by atoms with Gasteiger partial charge in [-0.25, -0.2) is 0 Å². The third-order valence-electron chi connectivity index (χ3n) is 3.42. The SMILES string of the molecule is CCNC1CCCN(c2cccc(Cl)c2C)C1=O. The molecule has 1 heterocycles. The van der Waals surface area contributed by atoms with Crippen molar-refractivity contribution in [3.05, 3.63) is 28.8 Å². The zero-order valence-electron chi connectivity index (χ0n) is 10.9. The molecule has 1 fully saturated rings. The minimum atomic E-state index is -0.0536. The summed E-state index contributed by atoms with van der Waals surface area (Å²) in [5, 5.41) is 3.96. The Morgan fingerprint density at radius 1 is 1.50 bits per heavy atom. The van der Waals surface area contributed by atoms with Crippen molar-refractivity contribution in [1.29, 1.82) is 0 Å². The highest BCUT2D eigenvalue weighted by atomic mass is 35.5. The van der Waals surface area contributed by atoms with Crippen molar-refractivity contribution < 1.29 is 4.79 Å². The second-order valence-corrected chi connectivity index (χ2v) is 5.03. The van der Waals surface area contributed by atoms with Crippen LogP contribution in [-0.4, -0.2) is 25.0 Å². The van der Waals surface area contributed by atoms with Crippen molar-refractivity contribution in [3.8, 4) is 0 Å². The quantitative estimate of drug-likeness (QED) is 0.912. The molecule has 0 aromatic heterocycles. The Hall–Kier alpha value is -1.06. The predicted octanol–water partition coefficient (Wildman–Crippen LogP) is 2.75. The summed E-state index contributed by atoms with van der Waals surface area (Å²) in [7, 11) is 0. The third-order valence-corrected chi connectivity index (χ3v) is 3.83. The Balaban J connectivity index is 2.27. The largest absolute Gasteiger partial charge is 0.311 e. The predicted molar refractivity (Wildman–Crippen MR) is 75.2 cm³/mol. The molecule has 1 atom stereocenters. The zero-order chi connectivity index (χ0) is 13.1. The summed E-state index contributed by atoms with van der Waals surface area (Å²) in [6, 6.07) is 5.67. The van der Waals surface area contributed by atoms with E-state index in [0.717, 1.165) is 37.2 Å². The molecular formula is C14H19ClN2O. The highest BCUT2D eigenvalue weighted by molar-refractivity contribution is 6.31. The minimum Gasteiger partial charge on any atom is -0.311 e. The number of halogens is 1. The van der Waals surface area contributed by atoms with E-state index < -0.39 is 0 Å². The Morgan fingerprint density at radius 2 is 2.28 bits per heavy atom. The molecule has 1 N–H and O–H groups in total. The number of rotatable bonds is 3. The summed E-state index contributed by atoms with van der Waals surface area (Å²) in [5.41, 5.74) is 1.92. The molecule has 1 aromatic rings. The molecule has 0 radical (unpaired) electrons. The van der Waals surface area contributed by atoms with E-state index in [1.165, 1.54) is 0 Å². The number of nitrogens with one attached hydrogen (secondary N) is 1. The molecule has 0 bridgehead atoms. The average Bonchev–Trinajstić information content (AvgIpc) is 2.36. The molecule has 0 aliphatic carbocycles. The zero-order valence-corrected chi connectivity index (χ0v) is 11.6. The number of carbonyl (C=O) groups is 1. The summed E-state index contributed by atoms with van der Waals surface area (Å²) >= 11 is 6.12. The van der Waals surface area contributed by atoms with Gasteiger partial charge in [0.25, 0.3) is 0 Å². The summed E-state index contributed by atoms with van der Waals surface area (Å²) in [6.07, 6.45) is 1.94. The fourth-order valence-corrected chi connectivity index (χ4v) is 2.61. The lowest BCUT2D eigenvalue weighted by atomic mass is 10.0. The first-order valence-electron chi connectivity index (χ1n) is 6.45. The van der Waals surface area contributed by atoms with Gasteiger partial charge in [-0.1, -0.05) is 24.6 Å². The lowest BCUT2D eigenvalue weighted by molar-refractivity contribution is -0.121. The Kier molecular flexibility index (Phi) is 4.25. The van der Waals surface area contributed by atoms with E-state index in [0.29, 0.717) is 5.02 Å². The molecule has 4 heteroatoms. The van der Waals surface area contributed by atoms with Crippen molar-refractivity contribution in [2.24, 2.45) is 0 Å². The van der Waals surface area contributed by atoms with Gasteiger partial charge < -0.3 is 10.2 Å². The van der Waals surface area contributed by atoms with E-state index in [4.69, 9.17) is 11.6 Å². The highest BCUT2D eigenvalue weighted by Crippen LogP contribution is 2.29. The fraction of sp³-hybridized carbons (Fsp3) is 0.500. The number of amides is 1. The van der Waals surface area contributed by atoms with Gasteiger partial charge in [-0.2, -0.15) is 0 Å². The Bertz CT molecular complexity index is 445. The van der Waals surface area contributed by atoms with E-state index in [9.17, 15) is 4.79 Å². The first-order valence-corrected chi connectivity index (χ1v) is 6.82. The van der Waals surface area contributed by atoms with Crippen LogP contribution in [0, 0.1) is 6.92 Å². The van der Waals surface area contributed by atoms with Crippen LogP contribution >= 0.6 is 11.6 Å². The van der Waals surface area contributed by atoms with Crippen molar-refractivity contribution in [1.82, 2.24) is 5.32 Å². The molecule has 1 unspecified atom stereocenters. The van der Waals surface area contributed by atoms with Crippen LogP contribution in [0.5, 0.6) is 0 Å². The van der Waals surface area contributed by atoms with Crippen LogP contribution in [0.25, 0.3) is 0 Å². The van der Waals surface area contributed by atoms with Crippen molar-refractivity contribution >= 4 is 23.2 Å². The molecule has 1 aliphatic heterocycles. The average molecular weight is 267 g/mol. The smallest absolute Gasteiger partial charge is 0.244 e. The van der Waals surface area contributed by atoms with E-state index in [-0.39, 0.29) is 11.9 Å². The molecule has 1 saturated heterocycles. The summed E-state index contributed by atoms with van der Waals surface area (Å²) in [6.45, 7) is 5.58. The van der Waals surface area contributed by atoms with E-state index in [2.05, 4.69) is 5.32 Å². The number of carbonyl (C=O) groups excluding carboxylic acids is 1. The topological polar surface area (TPSA) is 32.3 Å². The molecule has 98 valence electrons. The summed E-state index contributed by atoms with van der Waals surface area (Å²) in [5.74, 6) is 0.161. The molecule has 0 saturated carbocycles. The Labute approximate surface area is 113 Å². The van der Waals surface area contributed by atoms with E-state index in [1.807, 2.05) is 36.9 Å². The van der Waals surface area contributed by atoms with Gasteiger partial charge in [-0.15, -0.1) is 0 Å². The number of likely N-dealkylation sites (N-methyl/N-ethyl adjacent to an activating group) is 1. The fourth-order valence-electron chi connectivity index (χ4n) is 2.44. The second kappa shape index (κ2) is 5.72. The maximum absolute atomic E-state index is 12.4. The van der Waals surface area contributed by atoms with Gasteiger partial charge in [0.15, 0.2) is 0 Å². The third kappa shape index (κ3) is 2.52. The first kappa shape index (κ1) is 13.4. The van der Waals surface area contributed by atoms with Gasteiger partial charge in [0.1, 0.15) is 0 Å². The van der Waals surface area contributed by atoms with Crippen LogP contribution in [0.3, 0.4) is 0 Å². The molecule has 1 amide bonds. The molecule has 2 rings (SSSR count). The summed E-state index contributed by atoms with van der Waals surface area (Å²) in [4.78, 5) is 14.3. The normalized spacial score (nSPS) is 20.3. The minimum absolute atomic E-state index is 0.0536. The monoisotopic (exact) mass is 266 g/mol. The van der Waals surface area contributed by atoms with E-state index >= 15 is 0 Å². The maximum atomic E-state index is 12.4. The number of benzene rings is 1. The summed E-state index contributed by atoms with van der Waals surface area (Å²) < 4.78 is 0. The first-order chi connectivity index (χ1) is 8.65. The van der Waals surface area contributed by atoms with Crippen LogP contribution in [0.1, 0.15) is 25.3 Å². The Morgan fingerprint density at radius 3 is 3.00 bits per heavy atom. The second-order valence-electron chi connectivity index (χ2n) is 4.63. The van der Waals surface area contributed by atoms with Crippen LogP contribution < -0.4 is 10.2 Å². The van der Waals surface area contributed by atoms with Crippen LogP contribution in [0.2, 0.25) is 5.02 Å². The van der Waals surface area contributed by atoms with Gasteiger partial charge in [0.2, 0.25) is 5.91 Å². The molecule has 18 heavy (non-hydrogen) atoms. The van der Waals surface area contributed by atoms with Gasteiger partial charge in [-0.05, 0) is 44.0 Å². The maximum Gasteiger partial charge on any atom is 0.244 e. The van der Waals surface area contributed by atoms with Crippen LogP contribution in [0.4, 0.5) is 5.69 Å². The number of hydrogen-bond donors (Lipinski definition) is 1. The van der Waals surface area contributed by atoms with Crippen molar-refractivity contribution in [2.45, 2.75) is 32.7 Å². The number of hydrogen-bond acceptors (Lipinski definition) is 2. The highest BCUT2D eigenvalue weighted by Gasteiger charge is 2.29.